The summed E-state index contributed by atoms with van der Waals surface area (Å²) < 4.78 is 43.7. The molecule has 0 amide bonds. The van der Waals surface area contributed by atoms with Crippen LogP contribution in [0.15, 0.2) is 36.4 Å². The predicted molar refractivity (Wildman–Crippen MR) is 95.1 cm³/mol. The van der Waals surface area contributed by atoms with Gasteiger partial charge in [-0.2, -0.15) is 13.2 Å². The van der Waals surface area contributed by atoms with Crippen molar-refractivity contribution in [2.75, 3.05) is 0 Å². The molecule has 0 radical (unpaired) electrons. The molecule has 0 aliphatic heterocycles. The van der Waals surface area contributed by atoms with E-state index in [1.807, 2.05) is 0 Å². The Morgan fingerprint density at radius 1 is 1.08 bits per heavy atom. The zero-order valence-corrected chi connectivity index (χ0v) is 15.1. The summed E-state index contributed by atoms with van der Waals surface area (Å²) in [7, 11) is 0. The lowest BCUT2D eigenvalue weighted by molar-refractivity contribution is -0.189. The van der Waals surface area contributed by atoms with Crippen LogP contribution < -0.4 is 0 Å². The molecule has 6 heteroatoms. The third-order valence-electron chi connectivity index (χ3n) is 3.94. The first kappa shape index (κ1) is 22.1. The molecule has 1 N–H and O–H groups in total. The lowest BCUT2D eigenvalue weighted by Gasteiger charge is -2.17. The fraction of sp³-hybridized carbons (Fsp3) is 0.550. The number of benzene rings is 1. The van der Waals surface area contributed by atoms with Gasteiger partial charge in [0.2, 0.25) is 6.10 Å². The van der Waals surface area contributed by atoms with Crippen LogP contribution in [0.1, 0.15) is 68.6 Å². The lowest BCUT2D eigenvalue weighted by Crippen LogP contribution is -2.32. The van der Waals surface area contributed by atoms with Gasteiger partial charge in [0.25, 0.3) is 0 Å². The van der Waals surface area contributed by atoms with E-state index in [1.165, 1.54) is 49.6 Å². The van der Waals surface area contributed by atoms with Crippen LogP contribution in [0.4, 0.5) is 13.2 Å². The van der Waals surface area contributed by atoms with Gasteiger partial charge in [0.1, 0.15) is 5.75 Å². The number of aromatic hydroxyl groups is 1. The second-order valence-electron chi connectivity index (χ2n) is 6.25. The minimum Gasteiger partial charge on any atom is -0.508 e. The maximum Gasteiger partial charge on any atom is 0.429 e. The Hall–Kier alpha value is -1.98. The Bertz CT molecular complexity index is 550. The average Bonchev–Trinajstić information content (AvgIpc) is 2.58. The van der Waals surface area contributed by atoms with Crippen molar-refractivity contribution in [1.29, 1.82) is 0 Å². The number of ether oxygens (including phenoxy) is 1. The summed E-state index contributed by atoms with van der Waals surface area (Å²) in [6.07, 6.45) is 3.58. The van der Waals surface area contributed by atoms with Gasteiger partial charge >= 0.3 is 12.1 Å². The van der Waals surface area contributed by atoms with E-state index in [4.69, 9.17) is 5.11 Å². The molecule has 0 spiro atoms. The number of phenols is 1. The molecule has 1 aromatic rings. The van der Waals surface area contributed by atoms with Crippen molar-refractivity contribution in [2.24, 2.45) is 0 Å². The van der Waals surface area contributed by atoms with Crippen molar-refractivity contribution in [1.82, 2.24) is 0 Å². The highest BCUT2D eigenvalue weighted by Gasteiger charge is 2.41. The number of allylic oxidation sites excluding steroid dienone is 1. The molecule has 1 atom stereocenters. The summed E-state index contributed by atoms with van der Waals surface area (Å²) in [6.45, 7) is 2.15. The quantitative estimate of drug-likeness (QED) is 0.287. The molecule has 1 aromatic carbocycles. The first-order valence-corrected chi connectivity index (χ1v) is 9.08. The number of phenolic OH excluding ortho intramolecular Hbond substituents is 1. The molecule has 0 saturated heterocycles. The van der Waals surface area contributed by atoms with E-state index in [9.17, 15) is 18.0 Å². The summed E-state index contributed by atoms with van der Waals surface area (Å²) in [6, 6.07) is 4.87. The first-order valence-electron chi connectivity index (χ1n) is 9.08. The predicted octanol–water partition coefficient (Wildman–Crippen LogP) is 6.18. The number of halogens is 3. The van der Waals surface area contributed by atoms with E-state index in [0.29, 0.717) is 6.42 Å². The number of hydrogen-bond donors (Lipinski definition) is 1. The normalized spacial score (nSPS) is 13.1. The molecule has 0 saturated carbocycles. The van der Waals surface area contributed by atoms with Gasteiger partial charge in [-0.05, 0) is 43.2 Å². The van der Waals surface area contributed by atoms with Crippen LogP contribution in [0.25, 0.3) is 0 Å². The van der Waals surface area contributed by atoms with Crippen molar-refractivity contribution in [3.63, 3.8) is 0 Å². The van der Waals surface area contributed by atoms with Gasteiger partial charge in [0.15, 0.2) is 0 Å². The van der Waals surface area contributed by atoms with E-state index in [0.717, 1.165) is 31.8 Å². The first-order chi connectivity index (χ1) is 12.3. The van der Waals surface area contributed by atoms with Gasteiger partial charge in [-0.25, -0.2) is 4.79 Å². The molecule has 0 fully saturated rings. The van der Waals surface area contributed by atoms with Crippen LogP contribution in [-0.2, 0) is 4.74 Å². The van der Waals surface area contributed by atoms with Gasteiger partial charge < -0.3 is 9.84 Å². The molecule has 0 heterocycles. The minimum absolute atomic E-state index is 0.0440. The molecule has 1 rings (SSSR count). The van der Waals surface area contributed by atoms with E-state index in [1.54, 1.807) is 0 Å². The molecule has 1 unspecified atom stereocenters. The van der Waals surface area contributed by atoms with Crippen molar-refractivity contribution < 1.29 is 27.8 Å². The van der Waals surface area contributed by atoms with Gasteiger partial charge in [0.05, 0.1) is 5.56 Å². The number of unbranched alkanes of at least 4 members (excludes halogenated alkanes) is 7. The highest BCUT2D eigenvalue weighted by molar-refractivity contribution is 5.89. The Balaban J connectivity index is 2.44. The topological polar surface area (TPSA) is 46.5 Å². The molecule has 26 heavy (non-hydrogen) atoms. The molecule has 0 aromatic heterocycles. The fourth-order valence-electron chi connectivity index (χ4n) is 2.44. The van der Waals surface area contributed by atoms with Crippen LogP contribution in [0.5, 0.6) is 5.75 Å². The summed E-state index contributed by atoms with van der Waals surface area (Å²) in [5.74, 6) is -1.16. The summed E-state index contributed by atoms with van der Waals surface area (Å²) in [5.41, 5.74) is -0.0440. The van der Waals surface area contributed by atoms with Gasteiger partial charge in [-0.1, -0.05) is 51.5 Å². The van der Waals surface area contributed by atoms with Gasteiger partial charge in [-0.3, -0.25) is 0 Å². The zero-order valence-electron chi connectivity index (χ0n) is 15.1. The largest absolute Gasteiger partial charge is 0.508 e. The number of carbonyl (C=O) groups excluding carboxylic acids is 1. The standard InChI is InChI=1S/C20H27F3O3/c1-2-3-4-5-6-7-8-9-10-11-18(20(21,22)23)26-19(25)16-12-14-17(24)15-13-16/h10-15,18,24H,2-9H2,1H3/b11-10-. The number of esters is 1. The molecule has 0 bridgehead atoms. The second-order valence-corrected chi connectivity index (χ2v) is 6.25. The van der Waals surface area contributed by atoms with Crippen molar-refractivity contribution in [3.8, 4) is 5.75 Å². The van der Waals surface area contributed by atoms with Crippen LogP contribution in [0.2, 0.25) is 0 Å². The third-order valence-corrected chi connectivity index (χ3v) is 3.94. The SMILES string of the molecule is CCCCCCCCC/C=C\C(OC(=O)c1ccc(O)cc1)C(F)(F)F. The fourth-order valence-corrected chi connectivity index (χ4v) is 2.44. The van der Waals surface area contributed by atoms with E-state index >= 15 is 0 Å². The second kappa shape index (κ2) is 11.6. The zero-order chi connectivity index (χ0) is 19.4. The van der Waals surface area contributed by atoms with Gasteiger partial charge in [0, 0.05) is 0 Å². The Morgan fingerprint density at radius 3 is 2.23 bits per heavy atom. The van der Waals surface area contributed by atoms with E-state index in [2.05, 4.69) is 11.7 Å². The van der Waals surface area contributed by atoms with E-state index < -0.39 is 18.2 Å². The van der Waals surface area contributed by atoms with E-state index in [-0.39, 0.29) is 11.3 Å². The molecular formula is C20H27F3O3. The van der Waals surface area contributed by atoms with Crippen molar-refractivity contribution in [3.05, 3.63) is 42.0 Å². The van der Waals surface area contributed by atoms with Crippen molar-refractivity contribution >= 4 is 5.97 Å². The molecule has 0 aliphatic carbocycles. The van der Waals surface area contributed by atoms with Crippen molar-refractivity contribution in [2.45, 2.75) is 70.6 Å². The maximum absolute atomic E-state index is 13.0. The Labute approximate surface area is 152 Å². The average molecular weight is 372 g/mol. The highest BCUT2D eigenvalue weighted by atomic mass is 19.4. The molecule has 146 valence electrons. The number of carbonyl (C=O) groups is 1. The number of alkyl halides is 3. The maximum atomic E-state index is 13.0. The summed E-state index contributed by atoms with van der Waals surface area (Å²) in [4.78, 5) is 11.8. The summed E-state index contributed by atoms with van der Waals surface area (Å²) >= 11 is 0. The van der Waals surface area contributed by atoms with Gasteiger partial charge in [-0.15, -0.1) is 0 Å². The smallest absolute Gasteiger partial charge is 0.429 e. The monoisotopic (exact) mass is 372 g/mol. The minimum atomic E-state index is -4.66. The number of rotatable bonds is 11. The molecule has 0 aliphatic rings. The van der Waals surface area contributed by atoms with Crippen LogP contribution >= 0.6 is 0 Å². The highest BCUT2D eigenvalue weighted by Crippen LogP contribution is 2.25. The molecule has 3 nitrogen and oxygen atoms in total. The Morgan fingerprint density at radius 2 is 1.65 bits per heavy atom. The van der Waals surface area contributed by atoms with Crippen LogP contribution in [0, 0.1) is 0 Å². The van der Waals surface area contributed by atoms with Crippen LogP contribution in [-0.4, -0.2) is 23.4 Å². The van der Waals surface area contributed by atoms with Crippen LogP contribution in [0.3, 0.4) is 0 Å². The third kappa shape index (κ3) is 8.92. The lowest BCUT2D eigenvalue weighted by atomic mass is 10.1. The number of hydrogen-bond acceptors (Lipinski definition) is 3. The summed E-state index contributed by atoms with van der Waals surface area (Å²) in [5, 5.41) is 9.15. The molecular weight excluding hydrogens is 345 g/mol. The Kier molecular flexibility index (Phi) is 9.84.